The summed E-state index contributed by atoms with van der Waals surface area (Å²) in [5.74, 6) is -1.02. The fraction of sp³-hybridized carbons (Fsp3) is 0.444. The monoisotopic (exact) mass is 462 g/mol. The van der Waals surface area contributed by atoms with Crippen LogP contribution in [0.15, 0.2) is 48.5 Å². The lowest BCUT2D eigenvalue weighted by Crippen LogP contribution is -2.59. The number of nitrogens with one attached hydrogen (secondary N) is 2. The zero-order chi connectivity index (χ0) is 23.7. The SMILES string of the molecule is O=C(CC1CCC(NC(=O)OCC2c3ccccc3-c3ccccc32)C1)NC1(C(=O)O)CCC1. The molecule has 3 aliphatic carbocycles. The molecule has 5 rings (SSSR count). The molecule has 2 saturated carbocycles. The summed E-state index contributed by atoms with van der Waals surface area (Å²) in [5, 5.41) is 15.1. The van der Waals surface area contributed by atoms with E-state index in [1.165, 1.54) is 22.3 Å². The lowest BCUT2D eigenvalue weighted by molar-refractivity contribution is -0.151. The van der Waals surface area contributed by atoms with Crippen molar-refractivity contribution in [2.45, 2.75) is 62.4 Å². The minimum Gasteiger partial charge on any atom is -0.480 e. The van der Waals surface area contributed by atoms with Crippen molar-refractivity contribution in [1.29, 1.82) is 0 Å². The number of carbonyl (C=O) groups is 3. The van der Waals surface area contributed by atoms with Crippen molar-refractivity contribution < 1.29 is 24.2 Å². The van der Waals surface area contributed by atoms with E-state index in [0.29, 0.717) is 19.3 Å². The summed E-state index contributed by atoms with van der Waals surface area (Å²) >= 11 is 0. The van der Waals surface area contributed by atoms with Crippen LogP contribution < -0.4 is 10.6 Å². The lowest BCUT2D eigenvalue weighted by Gasteiger charge is -2.38. The number of benzene rings is 2. The molecule has 3 N–H and O–H groups in total. The van der Waals surface area contributed by atoms with Crippen LogP contribution in [0.4, 0.5) is 4.79 Å². The Hall–Kier alpha value is -3.35. The van der Waals surface area contributed by atoms with Gasteiger partial charge in [0.25, 0.3) is 0 Å². The summed E-state index contributed by atoms with van der Waals surface area (Å²) in [6, 6.07) is 16.4. The van der Waals surface area contributed by atoms with Crippen molar-refractivity contribution in [2.75, 3.05) is 6.61 Å². The van der Waals surface area contributed by atoms with Crippen LogP contribution >= 0.6 is 0 Å². The van der Waals surface area contributed by atoms with Crippen LogP contribution in [0.1, 0.15) is 62.0 Å². The highest BCUT2D eigenvalue weighted by Gasteiger charge is 2.46. The number of hydrogen-bond donors (Lipinski definition) is 3. The molecule has 7 nitrogen and oxygen atoms in total. The van der Waals surface area contributed by atoms with Crippen LogP contribution in [0.5, 0.6) is 0 Å². The number of carboxylic acid groups (broad SMARTS) is 1. The van der Waals surface area contributed by atoms with Crippen molar-refractivity contribution in [1.82, 2.24) is 10.6 Å². The first-order chi connectivity index (χ1) is 16.4. The third-order valence-electron chi connectivity index (χ3n) is 7.68. The second-order valence-electron chi connectivity index (χ2n) is 9.84. The maximum Gasteiger partial charge on any atom is 0.407 e. The highest BCUT2D eigenvalue weighted by atomic mass is 16.5. The van der Waals surface area contributed by atoms with Crippen LogP contribution in [-0.4, -0.2) is 41.3 Å². The molecule has 0 radical (unpaired) electrons. The quantitative estimate of drug-likeness (QED) is 0.572. The Morgan fingerprint density at radius 1 is 0.971 bits per heavy atom. The summed E-state index contributed by atoms with van der Waals surface area (Å²) in [5.41, 5.74) is 3.66. The van der Waals surface area contributed by atoms with Crippen molar-refractivity contribution in [3.8, 4) is 11.1 Å². The molecule has 2 unspecified atom stereocenters. The number of aliphatic carboxylic acids is 1. The van der Waals surface area contributed by atoms with Gasteiger partial charge in [0.2, 0.25) is 5.91 Å². The average Bonchev–Trinajstić information content (AvgIpc) is 3.36. The van der Waals surface area contributed by atoms with Gasteiger partial charge in [-0.05, 0) is 66.7 Å². The normalized spacial score (nSPS) is 22.2. The Bertz CT molecular complexity index is 1060. The first kappa shape index (κ1) is 22.4. The fourth-order valence-corrected chi connectivity index (χ4v) is 5.70. The van der Waals surface area contributed by atoms with Crippen LogP contribution in [0.25, 0.3) is 11.1 Å². The molecule has 2 amide bonds. The molecule has 0 saturated heterocycles. The Balaban J connectivity index is 1.10. The van der Waals surface area contributed by atoms with Gasteiger partial charge < -0.3 is 20.5 Å². The standard InChI is InChI=1S/C27H30N2O5/c30-24(29-27(25(31)32)12-5-13-27)15-17-10-11-18(14-17)28-26(33)34-16-23-21-8-3-1-6-19(21)20-7-2-4-9-22(20)23/h1-4,6-9,17-18,23H,5,10-16H2,(H,28,33)(H,29,30)(H,31,32). The summed E-state index contributed by atoms with van der Waals surface area (Å²) in [4.78, 5) is 36.4. The maximum absolute atomic E-state index is 12.5. The molecule has 0 aromatic heterocycles. The topological polar surface area (TPSA) is 105 Å². The lowest BCUT2D eigenvalue weighted by atomic mass is 9.76. The molecule has 2 aromatic rings. The molecule has 2 atom stereocenters. The van der Waals surface area contributed by atoms with E-state index in [-0.39, 0.29) is 36.8 Å². The van der Waals surface area contributed by atoms with Gasteiger partial charge in [0.15, 0.2) is 0 Å². The third kappa shape index (κ3) is 4.27. The third-order valence-corrected chi connectivity index (χ3v) is 7.68. The highest BCUT2D eigenvalue weighted by molar-refractivity contribution is 5.88. The predicted molar refractivity (Wildman–Crippen MR) is 126 cm³/mol. The van der Waals surface area contributed by atoms with E-state index in [1.54, 1.807) is 0 Å². The Labute approximate surface area is 198 Å². The van der Waals surface area contributed by atoms with Crippen molar-refractivity contribution in [3.63, 3.8) is 0 Å². The minimum absolute atomic E-state index is 0.0197. The first-order valence-electron chi connectivity index (χ1n) is 12.1. The van der Waals surface area contributed by atoms with E-state index in [4.69, 9.17) is 4.74 Å². The summed E-state index contributed by atoms with van der Waals surface area (Å²) in [6.45, 7) is 0.273. The summed E-state index contributed by atoms with van der Waals surface area (Å²) in [7, 11) is 0. The van der Waals surface area contributed by atoms with Gasteiger partial charge >= 0.3 is 12.1 Å². The second-order valence-corrected chi connectivity index (χ2v) is 9.84. The molecule has 7 heteroatoms. The van der Waals surface area contributed by atoms with Gasteiger partial charge in [-0.15, -0.1) is 0 Å². The maximum atomic E-state index is 12.5. The molecule has 34 heavy (non-hydrogen) atoms. The van der Waals surface area contributed by atoms with Gasteiger partial charge in [0.1, 0.15) is 12.1 Å². The molecule has 3 aliphatic rings. The molecule has 2 aromatic carbocycles. The number of rotatable bonds is 7. The van der Waals surface area contributed by atoms with Gasteiger partial charge in [-0.1, -0.05) is 48.5 Å². The van der Waals surface area contributed by atoms with E-state index >= 15 is 0 Å². The van der Waals surface area contributed by atoms with Gasteiger partial charge in [0, 0.05) is 18.4 Å². The van der Waals surface area contributed by atoms with Gasteiger partial charge in [-0.25, -0.2) is 9.59 Å². The number of carboxylic acids is 1. The van der Waals surface area contributed by atoms with Gasteiger partial charge in [-0.2, -0.15) is 0 Å². The molecule has 2 fully saturated rings. The fourth-order valence-electron chi connectivity index (χ4n) is 5.70. The second kappa shape index (κ2) is 9.12. The van der Waals surface area contributed by atoms with Gasteiger partial charge in [-0.3, -0.25) is 4.79 Å². The van der Waals surface area contributed by atoms with Crippen LogP contribution in [0.2, 0.25) is 0 Å². The zero-order valence-corrected chi connectivity index (χ0v) is 19.1. The minimum atomic E-state index is -1.07. The number of amides is 2. The molecular weight excluding hydrogens is 432 g/mol. The van der Waals surface area contributed by atoms with Crippen LogP contribution in [-0.2, 0) is 14.3 Å². The summed E-state index contributed by atoms with van der Waals surface area (Å²) in [6.07, 6.45) is 3.96. The first-order valence-corrected chi connectivity index (χ1v) is 12.1. The van der Waals surface area contributed by atoms with E-state index in [0.717, 1.165) is 19.3 Å². The molecule has 178 valence electrons. The molecule has 0 heterocycles. The molecular formula is C27H30N2O5. The molecule has 0 spiro atoms. The number of ether oxygens (including phenoxy) is 1. The van der Waals surface area contributed by atoms with Crippen LogP contribution in [0.3, 0.4) is 0 Å². The Morgan fingerprint density at radius 3 is 2.21 bits per heavy atom. The number of fused-ring (bicyclic) bond motifs is 3. The Morgan fingerprint density at radius 2 is 1.62 bits per heavy atom. The van der Waals surface area contributed by atoms with Crippen molar-refractivity contribution >= 4 is 18.0 Å². The molecule has 0 bridgehead atoms. The Kier molecular flexibility index (Phi) is 6.02. The van der Waals surface area contributed by atoms with E-state index < -0.39 is 17.6 Å². The smallest absolute Gasteiger partial charge is 0.407 e. The molecule has 0 aliphatic heterocycles. The largest absolute Gasteiger partial charge is 0.480 e. The van der Waals surface area contributed by atoms with Gasteiger partial charge in [0.05, 0.1) is 0 Å². The number of carbonyl (C=O) groups excluding carboxylic acids is 2. The zero-order valence-electron chi connectivity index (χ0n) is 19.1. The average molecular weight is 463 g/mol. The highest BCUT2D eigenvalue weighted by Crippen LogP contribution is 2.44. The van der Waals surface area contributed by atoms with E-state index in [1.807, 2.05) is 24.3 Å². The number of hydrogen-bond acceptors (Lipinski definition) is 4. The van der Waals surface area contributed by atoms with E-state index in [2.05, 4.69) is 34.9 Å². The summed E-state index contributed by atoms with van der Waals surface area (Å²) < 4.78 is 5.64. The van der Waals surface area contributed by atoms with Crippen molar-refractivity contribution in [2.24, 2.45) is 5.92 Å². The predicted octanol–water partition coefficient (Wildman–Crippen LogP) is 4.21. The number of alkyl carbamates (subject to hydrolysis) is 1. The van der Waals surface area contributed by atoms with E-state index in [9.17, 15) is 19.5 Å². The van der Waals surface area contributed by atoms with Crippen molar-refractivity contribution in [3.05, 3.63) is 59.7 Å². The van der Waals surface area contributed by atoms with Crippen LogP contribution in [0, 0.1) is 5.92 Å².